The number of urea groups is 1. The molecule has 4 aromatic carbocycles. The fraction of sp³-hybridized carbons (Fsp3) is 0.0357. The predicted molar refractivity (Wildman–Crippen MR) is 146 cm³/mol. The molecule has 5 nitrogen and oxygen atoms in total. The summed E-state index contributed by atoms with van der Waals surface area (Å²) in [6.07, 6.45) is 2.00. The number of hydrogen-bond donors (Lipinski definition) is 2. The third-order valence-corrected chi connectivity index (χ3v) is 6.34. The van der Waals surface area contributed by atoms with Crippen molar-refractivity contribution in [3.63, 3.8) is 0 Å². The Hall–Kier alpha value is -3.64. The van der Waals surface area contributed by atoms with E-state index in [4.69, 9.17) is 39.5 Å². The van der Waals surface area contributed by atoms with E-state index in [1.807, 2.05) is 42.5 Å². The van der Waals surface area contributed by atoms with E-state index < -0.39 is 0 Å². The maximum absolute atomic E-state index is 13.3. The van der Waals surface area contributed by atoms with Gasteiger partial charge in [-0.05, 0) is 90.0 Å². The Morgan fingerprint density at radius 1 is 0.722 bits per heavy atom. The van der Waals surface area contributed by atoms with E-state index in [0.717, 1.165) is 16.8 Å². The van der Waals surface area contributed by atoms with Crippen LogP contribution in [0.2, 0.25) is 15.1 Å². The SMILES string of the molecule is O=C(Nc1ccc(Oc2ccc(Cl)cc2)cc1)N1NC(c2ccc(Cl)cc2)=CC1c1ccc(Cl)cc1. The van der Waals surface area contributed by atoms with Gasteiger partial charge in [-0.2, -0.15) is 0 Å². The summed E-state index contributed by atoms with van der Waals surface area (Å²) in [6, 6.07) is 28.4. The maximum Gasteiger partial charge on any atom is 0.341 e. The first kappa shape index (κ1) is 24.1. The van der Waals surface area contributed by atoms with Gasteiger partial charge in [0.15, 0.2) is 0 Å². The first-order valence-corrected chi connectivity index (χ1v) is 12.2. The molecule has 2 amide bonds. The minimum absolute atomic E-state index is 0.318. The third-order valence-electron chi connectivity index (χ3n) is 5.58. The number of amides is 2. The average molecular weight is 537 g/mol. The second-order valence-electron chi connectivity index (χ2n) is 8.08. The summed E-state index contributed by atoms with van der Waals surface area (Å²) in [5.74, 6) is 1.31. The van der Waals surface area contributed by atoms with Gasteiger partial charge in [-0.15, -0.1) is 0 Å². The zero-order valence-electron chi connectivity index (χ0n) is 18.8. The van der Waals surface area contributed by atoms with Crippen molar-refractivity contribution in [3.05, 3.63) is 129 Å². The van der Waals surface area contributed by atoms with Gasteiger partial charge in [0.2, 0.25) is 0 Å². The highest BCUT2D eigenvalue weighted by atomic mass is 35.5. The predicted octanol–water partition coefficient (Wildman–Crippen LogP) is 8.57. The fourth-order valence-electron chi connectivity index (χ4n) is 3.77. The van der Waals surface area contributed by atoms with Crippen molar-refractivity contribution in [2.45, 2.75) is 6.04 Å². The van der Waals surface area contributed by atoms with Crippen LogP contribution in [0.5, 0.6) is 11.5 Å². The highest BCUT2D eigenvalue weighted by molar-refractivity contribution is 6.31. The third kappa shape index (κ3) is 5.60. The molecule has 0 saturated heterocycles. The average Bonchev–Trinajstić information content (AvgIpc) is 3.33. The van der Waals surface area contributed by atoms with Crippen molar-refractivity contribution >= 4 is 52.2 Å². The van der Waals surface area contributed by atoms with Crippen molar-refractivity contribution in [1.82, 2.24) is 10.4 Å². The molecule has 0 saturated carbocycles. The second-order valence-corrected chi connectivity index (χ2v) is 9.39. The van der Waals surface area contributed by atoms with Gasteiger partial charge in [0.05, 0.1) is 5.70 Å². The van der Waals surface area contributed by atoms with E-state index in [1.54, 1.807) is 65.7 Å². The lowest BCUT2D eigenvalue weighted by Gasteiger charge is -2.26. The summed E-state index contributed by atoms with van der Waals surface area (Å²) >= 11 is 18.1. The maximum atomic E-state index is 13.3. The van der Waals surface area contributed by atoms with E-state index in [-0.39, 0.29) is 12.1 Å². The highest BCUT2D eigenvalue weighted by Gasteiger charge is 2.31. The number of benzene rings is 4. The number of ether oxygens (including phenoxy) is 1. The van der Waals surface area contributed by atoms with E-state index in [0.29, 0.717) is 32.3 Å². The Kier molecular flexibility index (Phi) is 7.05. The lowest BCUT2D eigenvalue weighted by atomic mass is 10.0. The standard InChI is InChI=1S/C28H20Cl3N3O2/c29-20-5-1-18(2-6-20)26-17-27(19-3-7-21(30)8-4-19)34(33-26)28(35)32-23-11-15-25(16-12-23)36-24-13-9-22(31)10-14-24/h1-17,27,33H,(H,32,35). The summed E-state index contributed by atoms with van der Waals surface area (Å²) in [7, 11) is 0. The number of nitrogens with one attached hydrogen (secondary N) is 2. The van der Waals surface area contributed by atoms with Gasteiger partial charge in [-0.25, -0.2) is 9.80 Å². The van der Waals surface area contributed by atoms with Gasteiger partial charge < -0.3 is 10.1 Å². The lowest BCUT2D eigenvalue weighted by Crippen LogP contribution is -2.42. The Morgan fingerprint density at radius 2 is 1.22 bits per heavy atom. The van der Waals surface area contributed by atoms with Crippen LogP contribution in [0.3, 0.4) is 0 Å². The smallest absolute Gasteiger partial charge is 0.341 e. The summed E-state index contributed by atoms with van der Waals surface area (Å²) < 4.78 is 5.83. The van der Waals surface area contributed by atoms with Crippen molar-refractivity contribution in [1.29, 1.82) is 0 Å². The summed E-state index contributed by atoms with van der Waals surface area (Å²) in [4.78, 5) is 13.3. The molecule has 4 aromatic rings. The number of nitrogens with zero attached hydrogens (tertiary/aromatic N) is 1. The Bertz CT molecular complexity index is 1390. The monoisotopic (exact) mass is 535 g/mol. The van der Waals surface area contributed by atoms with Crippen LogP contribution in [0.25, 0.3) is 5.70 Å². The highest BCUT2D eigenvalue weighted by Crippen LogP contribution is 2.33. The number of hydrazine groups is 1. The molecule has 5 rings (SSSR count). The number of carbonyl (C=O) groups excluding carboxylic acids is 1. The Labute approximate surface area is 223 Å². The molecule has 1 aliphatic rings. The summed E-state index contributed by atoms with van der Waals surface area (Å²) in [5, 5.41) is 6.40. The molecule has 1 atom stereocenters. The second kappa shape index (κ2) is 10.5. The minimum Gasteiger partial charge on any atom is -0.457 e. The van der Waals surface area contributed by atoms with Crippen LogP contribution in [0, 0.1) is 0 Å². The van der Waals surface area contributed by atoms with Crippen LogP contribution in [0.15, 0.2) is 103 Å². The molecule has 0 aromatic heterocycles. The normalized spacial score (nSPS) is 14.7. The zero-order valence-corrected chi connectivity index (χ0v) is 21.1. The van der Waals surface area contributed by atoms with Gasteiger partial charge in [-0.3, -0.25) is 5.43 Å². The number of rotatable bonds is 5. The first-order valence-electron chi connectivity index (χ1n) is 11.1. The molecule has 0 fully saturated rings. The summed E-state index contributed by atoms with van der Waals surface area (Å²) in [6.45, 7) is 0. The number of halogens is 3. The van der Waals surface area contributed by atoms with Crippen molar-refractivity contribution in [2.24, 2.45) is 0 Å². The van der Waals surface area contributed by atoms with Crippen LogP contribution in [0.4, 0.5) is 10.5 Å². The van der Waals surface area contributed by atoms with E-state index in [9.17, 15) is 4.79 Å². The van der Waals surface area contributed by atoms with Crippen LogP contribution >= 0.6 is 34.8 Å². The van der Waals surface area contributed by atoms with Crippen LogP contribution in [0.1, 0.15) is 17.2 Å². The van der Waals surface area contributed by atoms with Gasteiger partial charge >= 0.3 is 6.03 Å². The summed E-state index contributed by atoms with van der Waals surface area (Å²) in [5.41, 5.74) is 6.48. The van der Waals surface area contributed by atoms with Crippen molar-refractivity contribution in [3.8, 4) is 11.5 Å². The first-order chi connectivity index (χ1) is 17.4. The molecule has 1 heterocycles. The number of hydrogen-bond acceptors (Lipinski definition) is 3. The molecule has 0 bridgehead atoms. The van der Waals surface area contributed by atoms with Crippen LogP contribution < -0.4 is 15.5 Å². The molecule has 1 unspecified atom stereocenters. The van der Waals surface area contributed by atoms with Gasteiger partial charge in [-0.1, -0.05) is 59.1 Å². The molecule has 0 aliphatic carbocycles. The van der Waals surface area contributed by atoms with Gasteiger partial charge in [0, 0.05) is 20.8 Å². The van der Waals surface area contributed by atoms with Crippen molar-refractivity contribution in [2.75, 3.05) is 5.32 Å². The molecular formula is C28H20Cl3N3O2. The molecule has 180 valence electrons. The molecule has 36 heavy (non-hydrogen) atoms. The zero-order chi connectivity index (χ0) is 25.1. The van der Waals surface area contributed by atoms with E-state index >= 15 is 0 Å². The van der Waals surface area contributed by atoms with E-state index in [1.165, 1.54) is 0 Å². The van der Waals surface area contributed by atoms with Crippen LogP contribution in [-0.4, -0.2) is 11.0 Å². The van der Waals surface area contributed by atoms with Crippen LogP contribution in [-0.2, 0) is 0 Å². The topological polar surface area (TPSA) is 53.6 Å². The molecule has 0 radical (unpaired) electrons. The quantitative estimate of drug-likeness (QED) is 0.269. The van der Waals surface area contributed by atoms with Gasteiger partial charge in [0.1, 0.15) is 17.5 Å². The number of anilines is 1. The van der Waals surface area contributed by atoms with Gasteiger partial charge in [0.25, 0.3) is 0 Å². The molecule has 8 heteroatoms. The van der Waals surface area contributed by atoms with E-state index in [2.05, 4.69) is 10.7 Å². The Morgan fingerprint density at radius 3 is 1.81 bits per heavy atom. The fourth-order valence-corrected chi connectivity index (χ4v) is 4.15. The lowest BCUT2D eigenvalue weighted by molar-refractivity contribution is 0.190. The molecule has 1 aliphatic heterocycles. The molecule has 2 N–H and O–H groups in total. The minimum atomic E-state index is -0.347. The Balaban J connectivity index is 1.33. The number of carbonyl (C=O) groups is 1. The largest absolute Gasteiger partial charge is 0.457 e. The van der Waals surface area contributed by atoms with Crippen molar-refractivity contribution < 1.29 is 9.53 Å². The molecule has 0 spiro atoms. The molecular weight excluding hydrogens is 517 g/mol.